The van der Waals surface area contributed by atoms with Crippen LogP contribution in [0.25, 0.3) is 0 Å². The molecule has 4 rings (SSSR count). The average molecular weight is 424 g/mol. The molecule has 1 spiro atoms. The molecular weight excluding hydrogens is 394 g/mol. The number of carbonyl (C=O) groups excluding carboxylic acids is 1. The van der Waals surface area contributed by atoms with Crippen LogP contribution in [0, 0.1) is 0 Å². The molecule has 0 aromatic heterocycles. The molecule has 1 amide bonds. The van der Waals surface area contributed by atoms with E-state index in [1.54, 1.807) is 23.5 Å². The van der Waals surface area contributed by atoms with E-state index < -0.39 is 10.0 Å². The zero-order chi connectivity index (χ0) is 20.6. The Balaban J connectivity index is 1.56. The van der Waals surface area contributed by atoms with Gasteiger partial charge in [-0.25, -0.2) is 8.42 Å². The van der Waals surface area contributed by atoms with Crippen molar-refractivity contribution in [2.75, 3.05) is 58.8 Å². The van der Waals surface area contributed by atoms with Gasteiger partial charge in [0.2, 0.25) is 10.0 Å². The van der Waals surface area contributed by atoms with Gasteiger partial charge < -0.3 is 14.4 Å². The van der Waals surface area contributed by atoms with Gasteiger partial charge in [-0.05, 0) is 24.6 Å². The highest BCUT2D eigenvalue weighted by molar-refractivity contribution is 7.89. The number of ether oxygens (including phenoxy) is 2. The van der Waals surface area contributed by atoms with Gasteiger partial charge >= 0.3 is 0 Å². The Morgan fingerprint density at radius 3 is 2.83 bits per heavy atom. The number of carbonyl (C=O) groups is 1. The zero-order valence-corrected chi connectivity index (χ0v) is 17.9. The van der Waals surface area contributed by atoms with Crippen LogP contribution in [0.5, 0.6) is 5.75 Å². The minimum absolute atomic E-state index is 0.0524. The number of benzene rings is 1. The number of piperazine rings is 1. The number of morpholine rings is 1. The Morgan fingerprint density at radius 2 is 2.10 bits per heavy atom. The lowest BCUT2D eigenvalue weighted by Crippen LogP contribution is -2.81. The van der Waals surface area contributed by atoms with Gasteiger partial charge in [-0.2, -0.15) is 4.31 Å². The molecule has 3 saturated heterocycles. The quantitative estimate of drug-likeness (QED) is 0.692. The Hall–Kier alpha value is -1.68. The van der Waals surface area contributed by atoms with Gasteiger partial charge in [-0.3, -0.25) is 9.69 Å². The number of amides is 1. The Labute approximate surface area is 172 Å². The van der Waals surface area contributed by atoms with Crippen molar-refractivity contribution in [1.82, 2.24) is 14.1 Å². The Kier molecular flexibility index (Phi) is 5.58. The number of sulfonamides is 1. The first-order chi connectivity index (χ1) is 13.9. The largest absolute Gasteiger partial charge is 0.497 e. The second-order valence-electron chi connectivity index (χ2n) is 8.15. The molecule has 0 radical (unpaired) electrons. The summed E-state index contributed by atoms with van der Waals surface area (Å²) in [6.45, 7) is 5.83. The van der Waals surface area contributed by atoms with Crippen molar-refractivity contribution < 1.29 is 22.7 Å². The number of hydrogen-bond acceptors (Lipinski definition) is 6. The molecule has 3 aliphatic rings. The summed E-state index contributed by atoms with van der Waals surface area (Å²) in [5.74, 6) is 0.760. The molecule has 1 atom stereocenters. The van der Waals surface area contributed by atoms with Crippen LogP contribution in [0.1, 0.15) is 23.7 Å². The lowest BCUT2D eigenvalue weighted by molar-refractivity contribution is -0.141. The van der Waals surface area contributed by atoms with Crippen LogP contribution in [0.4, 0.5) is 0 Å². The van der Waals surface area contributed by atoms with Gasteiger partial charge in [-0.15, -0.1) is 0 Å². The molecule has 160 valence electrons. The van der Waals surface area contributed by atoms with Crippen molar-refractivity contribution in [1.29, 1.82) is 0 Å². The van der Waals surface area contributed by atoms with Crippen LogP contribution >= 0.6 is 0 Å². The smallest absolute Gasteiger partial charge is 0.254 e. The molecule has 8 nitrogen and oxygen atoms in total. The molecule has 1 unspecified atom stereocenters. The molecule has 29 heavy (non-hydrogen) atoms. The summed E-state index contributed by atoms with van der Waals surface area (Å²) in [5.41, 5.74) is 0.252. The minimum atomic E-state index is -3.23. The van der Waals surface area contributed by atoms with Crippen LogP contribution in [-0.4, -0.2) is 98.8 Å². The van der Waals surface area contributed by atoms with Gasteiger partial charge in [0.1, 0.15) is 5.75 Å². The molecule has 3 aliphatic heterocycles. The third kappa shape index (κ3) is 3.76. The first kappa shape index (κ1) is 20.6. The zero-order valence-electron chi connectivity index (χ0n) is 17.0. The fourth-order valence-corrected chi connectivity index (χ4v) is 6.41. The Morgan fingerprint density at radius 1 is 1.31 bits per heavy atom. The lowest BCUT2D eigenvalue weighted by Gasteiger charge is -2.62. The van der Waals surface area contributed by atoms with Crippen molar-refractivity contribution in [3.05, 3.63) is 29.8 Å². The summed E-state index contributed by atoms with van der Waals surface area (Å²) in [6, 6.07) is 7.25. The maximum Gasteiger partial charge on any atom is 0.254 e. The van der Waals surface area contributed by atoms with E-state index in [0.717, 1.165) is 6.54 Å². The number of fused-ring (bicyclic) bond motifs is 2. The SMILES string of the molecule is CCCS(=O)(=O)N1CC2(CN(C(=O)c3cccc(OC)c3)CC3COCCN32)C1. The molecule has 0 saturated carbocycles. The summed E-state index contributed by atoms with van der Waals surface area (Å²) in [7, 11) is -1.65. The van der Waals surface area contributed by atoms with E-state index in [0.29, 0.717) is 57.1 Å². The fraction of sp³-hybridized carbons (Fsp3) is 0.650. The summed E-state index contributed by atoms with van der Waals surface area (Å²) >= 11 is 0. The monoisotopic (exact) mass is 423 g/mol. The molecule has 0 bridgehead atoms. The molecule has 3 fully saturated rings. The van der Waals surface area contributed by atoms with E-state index in [9.17, 15) is 13.2 Å². The molecule has 1 aromatic rings. The van der Waals surface area contributed by atoms with Crippen LogP contribution in [0.3, 0.4) is 0 Å². The van der Waals surface area contributed by atoms with Gasteiger partial charge in [0.25, 0.3) is 5.91 Å². The molecule has 0 N–H and O–H groups in total. The fourth-order valence-electron chi connectivity index (χ4n) is 4.76. The van der Waals surface area contributed by atoms with E-state index in [-0.39, 0.29) is 23.2 Å². The first-order valence-corrected chi connectivity index (χ1v) is 11.7. The summed E-state index contributed by atoms with van der Waals surface area (Å²) in [6.07, 6.45) is 0.604. The van der Waals surface area contributed by atoms with E-state index in [1.807, 2.05) is 24.0 Å². The van der Waals surface area contributed by atoms with Crippen molar-refractivity contribution in [2.24, 2.45) is 0 Å². The van der Waals surface area contributed by atoms with E-state index in [4.69, 9.17) is 9.47 Å². The van der Waals surface area contributed by atoms with Crippen LogP contribution < -0.4 is 4.74 Å². The van der Waals surface area contributed by atoms with E-state index in [2.05, 4.69) is 4.90 Å². The predicted octanol–water partition coefficient (Wildman–Crippen LogP) is 0.646. The molecule has 9 heteroatoms. The van der Waals surface area contributed by atoms with E-state index >= 15 is 0 Å². The summed E-state index contributed by atoms with van der Waals surface area (Å²) in [4.78, 5) is 17.5. The maximum atomic E-state index is 13.2. The normalized spacial score (nSPS) is 24.8. The van der Waals surface area contributed by atoms with Gasteiger partial charge in [-0.1, -0.05) is 13.0 Å². The molecular formula is C20H29N3O5S. The Bertz CT molecular complexity index is 869. The van der Waals surface area contributed by atoms with E-state index in [1.165, 1.54) is 0 Å². The molecule has 3 heterocycles. The second-order valence-corrected chi connectivity index (χ2v) is 10.2. The highest BCUT2D eigenvalue weighted by Gasteiger charge is 2.57. The third-order valence-electron chi connectivity index (χ3n) is 6.15. The molecule has 1 aromatic carbocycles. The van der Waals surface area contributed by atoms with Gasteiger partial charge in [0.15, 0.2) is 0 Å². The highest BCUT2D eigenvalue weighted by Crippen LogP contribution is 2.37. The van der Waals surface area contributed by atoms with Crippen molar-refractivity contribution in [2.45, 2.75) is 24.9 Å². The molecule has 0 aliphatic carbocycles. The highest BCUT2D eigenvalue weighted by atomic mass is 32.2. The standard InChI is InChI=1S/C20H29N3O5S/c1-3-9-29(25,26)22-14-20(15-22)13-21(11-17-12-28-8-7-23(17)20)19(24)16-5-4-6-18(10-16)27-2/h4-6,10,17H,3,7-9,11-15H2,1-2H3. The summed E-state index contributed by atoms with van der Waals surface area (Å²) < 4.78 is 37.5. The lowest BCUT2D eigenvalue weighted by atomic mass is 9.84. The number of hydrogen-bond donors (Lipinski definition) is 0. The van der Waals surface area contributed by atoms with Gasteiger partial charge in [0.05, 0.1) is 37.7 Å². The second kappa shape index (κ2) is 7.86. The first-order valence-electron chi connectivity index (χ1n) is 10.1. The predicted molar refractivity (Wildman–Crippen MR) is 109 cm³/mol. The minimum Gasteiger partial charge on any atom is -0.497 e. The van der Waals surface area contributed by atoms with Crippen molar-refractivity contribution >= 4 is 15.9 Å². The maximum absolute atomic E-state index is 13.2. The number of rotatable bonds is 5. The van der Waals surface area contributed by atoms with Crippen molar-refractivity contribution in [3.8, 4) is 5.75 Å². The van der Waals surface area contributed by atoms with Crippen LogP contribution in [0.2, 0.25) is 0 Å². The van der Waals surface area contributed by atoms with Crippen LogP contribution in [-0.2, 0) is 14.8 Å². The summed E-state index contributed by atoms with van der Waals surface area (Å²) in [5, 5.41) is 0. The van der Waals surface area contributed by atoms with Gasteiger partial charge in [0, 0.05) is 38.3 Å². The average Bonchev–Trinajstić information content (AvgIpc) is 2.70. The number of methoxy groups -OCH3 is 1. The third-order valence-corrected chi connectivity index (χ3v) is 8.12. The number of nitrogens with zero attached hydrogens (tertiary/aromatic N) is 3. The topological polar surface area (TPSA) is 79.4 Å². The van der Waals surface area contributed by atoms with Crippen LogP contribution in [0.15, 0.2) is 24.3 Å². The van der Waals surface area contributed by atoms with Crippen molar-refractivity contribution in [3.63, 3.8) is 0 Å².